The Balaban J connectivity index is 1.52. The number of nitrogens with one attached hydrogen (secondary N) is 1. The Labute approximate surface area is 209 Å². The Morgan fingerprint density at radius 3 is 2.47 bits per heavy atom. The van der Waals surface area contributed by atoms with Crippen LogP contribution in [0.4, 0.5) is 5.82 Å². The molecule has 3 heterocycles. The lowest BCUT2D eigenvalue weighted by molar-refractivity contribution is -0.128. The third kappa shape index (κ3) is 5.15. The molecule has 1 aliphatic rings. The predicted molar refractivity (Wildman–Crippen MR) is 136 cm³/mol. The number of aryl methyl sites for hydroxylation is 2. The van der Waals surface area contributed by atoms with Gasteiger partial charge < -0.3 is 19.9 Å². The quantitative estimate of drug-likeness (QED) is 0.363. The zero-order valence-corrected chi connectivity index (χ0v) is 20.7. The van der Waals surface area contributed by atoms with Gasteiger partial charge in [0, 0.05) is 62.0 Å². The van der Waals surface area contributed by atoms with E-state index in [1.807, 2.05) is 57.1 Å². The third-order valence-corrected chi connectivity index (χ3v) is 6.45. The molecule has 3 aromatic heterocycles. The minimum absolute atomic E-state index is 0.117. The molecule has 4 aromatic rings. The van der Waals surface area contributed by atoms with E-state index in [4.69, 9.17) is 19.4 Å². The summed E-state index contributed by atoms with van der Waals surface area (Å²) in [7, 11) is 5.35. The molecule has 188 valence electrons. The first-order valence-electron chi connectivity index (χ1n) is 12.0. The zero-order chi connectivity index (χ0) is 25.1. The Morgan fingerprint density at radius 1 is 1.00 bits per heavy atom. The van der Waals surface area contributed by atoms with Crippen molar-refractivity contribution in [2.45, 2.75) is 37.5 Å². The second kappa shape index (κ2) is 10.6. The van der Waals surface area contributed by atoms with Crippen LogP contribution < -0.4 is 5.32 Å². The fourth-order valence-electron chi connectivity index (χ4n) is 4.66. The number of aromatic nitrogens is 6. The summed E-state index contributed by atoms with van der Waals surface area (Å²) in [5, 5.41) is 22.8. The molecule has 1 saturated carbocycles. The highest BCUT2D eigenvalue weighted by molar-refractivity contribution is 5.76. The van der Waals surface area contributed by atoms with Crippen molar-refractivity contribution in [3.05, 3.63) is 55.2 Å². The van der Waals surface area contributed by atoms with Crippen molar-refractivity contribution in [2.24, 2.45) is 14.1 Å². The molecule has 3 atom stereocenters. The maximum atomic E-state index is 10.6. The molecule has 36 heavy (non-hydrogen) atoms. The van der Waals surface area contributed by atoms with Crippen LogP contribution in [0, 0.1) is 0 Å². The maximum Gasteiger partial charge on any atom is 0.161 e. The van der Waals surface area contributed by atoms with Crippen LogP contribution in [0.1, 0.15) is 19.3 Å². The number of hydrogen-bond donors (Lipinski definition) is 2. The fraction of sp³-hybridized carbons (Fsp3) is 0.385. The van der Waals surface area contributed by atoms with Crippen molar-refractivity contribution >= 4 is 5.82 Å². The van der Waals surface area contributed by atoms with E-state index in [1.165, 1.54) is 0 Å². The van der Waals surface area contributed by atoms with Crippen molar-refractivity contribution in [2.75, 3.05) is 19.2 Å². The highest BCUT2D eigenvalue weighted by Gasteiger charge is 2.34. The average Bonchev–Trinajstić information content (AvgIpc) is 3.52. The van der Waals surface area contributed by atoms with E-state index < -0.39 is 12.2 Å². The molecule has 0 bridgehead atoms. The van der Waals surface area contributed by atoms with Crippen molar-refractivity contribution in [1.82, 2.24) is 29.5 Å². The number of aliphatic hydroxyl groups is 1. The lowest BCUT2D eigenvalue weighted by atomic mass is 9.89. The summed E-state index contributed by atoms with van der Waals surface area (Å²) in [5.41, 5.74) is 4.70. The van der Waals surface area contributed by atoms with Crippen LogP contribution in [0.5, 0.6) is 0 Å². The molecule has 0 saturated heterocycles. The van der Waals surface area contributed by atoms with Gasteiger partial charge in [0.15, 0.2) is 5.82 Å². The number of aliphatic hydroxyl groups excluding tert-OH is 1. The molecular weight excluding hydrogens is 458 g/mol. The van der Waals surface area contributed by atoms with Crippen LogP contribution in [0.25, 0.3) is 33.6 Å². The first-order chi connectivity index (χ1) is 17.5. The Kier molecular flexibility index (Phi) is 7.08. The molecular formula is C26H31N7O3. The summed E-state index contributed by atoms with van der Waals surface area (Å²) < 4.78 is 14.5. The Bertz CT molecular complexity index is 1320. The average molecular weight is 490 g/mol. The summed E-state index contributed by atoms with van der Waals surface area (Å²) in [4.78, 5) is 9.66. The van der Waals surface area contributed by atoms with E-state index in [0.717, 1.165) is 40.7 Å². The van der Waals surface area contributed by atoms with Crippen LogP contribution in [0.2, 0.25) is 0 Å². The van der Waals surface area contributed by atoms with Crippen molar-refractivity contribution in [3.63, 3.8) is 0 Å². The topological polar surface area (TPSA) is 112 Å². The minimum Gasteiger partial charge on any atom is -0.390 e. The van der Waals surface area contributed by atoms with Gasteiger partial charge in [0.05, 0.1) is 24.5 Å². The molecule has 0 amide bonds. The zero-order valence-electron chi connectivity index (χ0n) is 20.7. The minimum atomic E-state index is -0.578. The number of benzene rings is 1. The molecule has 5 rings (SSSR count). The second-order valence-corrected chi connectivity index (χ2v) is 9.13. The number of anilines is 1. The molecule has 0 radical (unpaired) electrons. The monoisotopic (exact) mass is 489 g/mol. The first kappa shape index (κ1) is 24.1. The van der Waals surface area contributed by atoms with Gasteiger partial charge in [-0.05, 0) is 30.9 Å². The molecule has 0 unspecified atom stereocenters. The molecule has 10 nitrogen and oxygen atoms in total. The largest absolute Gasteiger partial charge is 0.390 e. The molecule has 1 aliphatic carbocycles. The predicted octanol–water partition coefficient (Wildman–Crippen LogP) is 3.26. The Hall–Kier alpha value is -3.60. The highest BCUT2D eigenvalue weighted by atomic mass is 16.7. The van der Waals surface area contributed by atoms with E-state index in [0.29, 0.717) is 18.1 Å². The van der Waals surface area contributed by atoms with Gasteiger partial charge in [-0.1, -0.05) is 18.2 Å². The van der Waals surface area contributed by atoms with Crippen LogP contribution >= 0.6 is 0 Å². The fourth-order valence-corrected chi connectivity index (χ4v) is 4.66. The molecule has 0 aliphatic heterocycles. The van der Waals surface area contributed by atoms with Crippen molar-refractivity contribution < 1.29 is 14.6 Å². The van der Waals surface area contributed by atoms with Crippen molar-refractivity contribution in [3.8, 4) is 33.6 Å². The smallest absolute Gasteiger partial charge is 0.161 e. The summed E-state index contributed by atoms with van der Waals surface area (Å²) in [6, 6.07) is 7.97. The van der Waals surface area contributed by atoms with E-state index in [2.05, 4.69) is 21.6 Å². The summed E-state index contributed by atoms with van der Waals surface area (Å²) in [6.45, 7) is 0.117. The van der Waals surface area contributed by atoms with E-state index >= 15 is 0 Å². The maximum absolute atomic E-state index is 10.6. The number of hydrogen-bond acceptors (Lipinski definition) is 8. The SMILES string of the molecule is COCO[C@H]1[C@@H](Nc2nc(-c3cccc(-c4cnn(C)c4)c3)ncc2-c2cnn(C)c2)CCC[C@@H]1O. The number of rotatable bonds is 8. The van der Waals surface area contributed by atoms with Crippen LogP contribution in [-0.2, 0) is 23.6 Å². The van der Waals surface area contributed by atoms with Crippen LogP contribution in [0.15, 0.2) is 55.2 Å². The van der Waals surface area contributed by atoms with E-state index in [1.54, 1.807) is 22.7 Å². The molecule has 1 aromatic carbocycles. The van der Waals surface area contributed by atoms with Crippen LogP contribution in [0.3, 0.4) is 0 Å². The molecule has 1 fully saturated rings. The first-order valence-corrected chi connectivity index (χ1v) is 12.0. The third-order valence-electron chi connectivity index (χ3n) is 6.45. The highest BCUT2D eigenvalue weighted by Crippen LogP contribution is 2.32. The number of nitrogens with zero attached hydrogens (tertiary/aromatic N) is 6. The summed E-state index contributed by atoms with van der Waals surface area (Å²) >= 11 is 0. The van der Waals surface area contributed by atoms with Gasteiger partial charge >= 0.3 is 0 Å². The van der Waals surface area contributed by atoms with Gasteiger partial charge in [-0.25, -0.2) is 9.97 Å². The van der Waals surface area contributed by atoms with Gasteiger partial charge in [-0.15, -0.1) is 0 Å². The van der Waals surface area contributed by atoms with Crippen LogP contribution in [-0.4, -0.2) is 66.8 Å². The number of methoxy groups -OCH3 is 1. The van der Waals surface area contributed by atoms with Gasteiger partial charge in [-0.3, -0.25) is 9.36 Å². The van der Waals surface area contributed by atoms with Crippen molar-refractivity contribution in [1.29, 1.82) is 0 Å². The van der Waals surface area contributed by atoms with Gasteiger partial charge in [0.1, 0.15) is 18.7 Å². The van der Waals surface area contributed by atoms with E-state index in [-0.39, 0.29) is 12.8 Å². The second-order valence-electron chi connectivity index (χ2n) is 9.13. The molecule has 0 spiro atoms. The van der Waals surface area contributed by atoms with E-state index in [9.17, 15) is 5.11 Å². The number of ether oxygens (including phenoxy) is 2. The normalized spacial score (nSPS) is 19.9. The van der Waals surface area contributed by atoms with Gasteiger partial charge in [0.2, 0.25) is 0 Å². The van der Waals surface area contributed by atoms with Gasteiger partial charge in [-0.2, -0.15) is 10.2 Å². The summed E-state index contributed by atoms with van der Waals surface area (Å²) in [6.07, 6.45) is 10.8. The molecule has 2 N–H and O–H groups in total. The molecule has 10 heteroatoms. The lowest BCUT2D eigenvalue weighted by Crippen LogP contribution is -2.47. The van der Waals surface area contributed by atoms with Gasteiger partial charge in [0.25, 0.3) is 0 Å². The summed E-state index contributed by atoms with van der Waals surface area (Å²) in [5.74, 6) is 1.27. The lowest BCUT2D eigenvalue weighted by Gasteiger charge is -2.36. The Morgan fingerprint density at radius 2 is 1.75 bits per heavy atom. The standard InChI is InChI=1S/C26H31N7O3/c1-32-14-19(11-28-32)17-6-4-7-18(10-17)25-27-13-21(20-12-29-33(2)15-20)26(31-25)30-22-8-5-9-23(34)24(22)36-16-35-3/h4,6-7,10-15,22-24,34H,5,8-9,16H2,1-3H3,(H,27,30,31)/t22-,23-,24-/m0/s1.